The van der Waals surface area contributed by atoms with E-state index in [1.807, 2.05) is 31.2 Å². The number of aryl methyl sites for hydroxylation is 1. The number of carbonyl (C=O) groups excluding carboxylic acids is 4. The fourth-order valence-electron chi connectivity index (χ4n) is 5.42. The van der Waals surface area contributed by atoms with Gasteiger partial charge in [-0.25, -0.2) is 4.90 Å². The van der Waals surface area contributed by atoms with Crippen LogP contribution in [0.3, 0.4) is 0 Å². The van der Waals surface area contributed by atoms with E-state index in [9.17, 15) is 19.2 Å². The number of carbonyl (C=O) groups is 4. The lowest BCUT2D eigenvalue weighted by atomic mass is 9.77. The molecule has 2 saturated heterocycles. The molecule has 0 unspecified atom stereocenters. The number of amides is 2. The van der Waals surface area contributed by atoms with Gasteiger partial charge in [-0.3, -0.25) is 19.2 Å². The van der Waals surface area contributed by atoms with Crippen molar-refractivity contribution < 1.29 is 23.9 Å². The second-order valence-electron chi connectivity index (χ2n) is 8.88. The SMILES string of the molecule is Cc1ccc([C@@H]2OC3(C(=O)c4ccccc4C3=O)[C@@H]3C(=O)N(c4ccc(Br)cc4)C(=O)[C@@H]32)cc1. The van der Waals surface area contributed by atoms with Gasteiger partial charge in [0.25, 0.3) is 0 Å². The maximum atomic E-state index is 13.8. The minimum Gasteiger partial charge on any atom is -0.349 e. The number of ether oxygens (including phenoxy) is 1. The number of halogens is 1. The maximum Gasteiger partial charge on any atom is 0.241 e. The molecule has 2 aliphatic heterocycles. The second kappa shape index (κ2) is 7.29. The van der Waals surface area contributed by atoms with Gasteiger partial charge in [0.15, 0.2) is 0 Å². The number of imide groups is 1. The first kappa shape index (κ1) is 21.1. The normalized spacial score (nSPS) is 24.8. The lowest BCUT2D eigenvalue weighted by Crippen LogP contribution is -2.51. The van der Waals surface area contributed by atoms with E-state index >= 15 is 0 Å². The van der Waals surface area contributed by atoms with Gasteiger partial charge in [0, 0.05) is 15.6 Å². The number of ketones is 2. The summed E-state index contributed by atoms with van der Waals surface area (Å²) in [4.78, 5) is 56.1. The summed E-state index contributed by atoms with van der Waals surface area (Å²) < 4.78 is 7.07. The Labute approximate surface area is 203 Å². The molecular formula is C27H18BrNO5. The Kier molecular flexibility index (Phi) is 4.53. The van der Waals surface area contributed by atoms with Crippen LogP contribution in [0.4, 0.5) is 5.69 Å². The van der Waals surface area contributed by atoms with Gasteiger partial charge in [-0.1, -0.05) is 70.0 Å². The van der Waals surface area contributed by atoms with Crippen LogP contribution in [0.15, 0.2) is 77.3 Å². The molecule has 168 valence electrons. The summed E-state index contributed by atoms with van der Waals surface area (Å²) in [5.74, 6) is -4.44. The molecule has 2 heterocycles. The zero-order valence-electron chi connectivity index (χ0n) is 18.0. The quantitative estimate of drug-likeness (QED) is 0.372. The van der Waals surface area contributed by atoms with Crippen LogP contribution in [0.5, 0.6) is 0 Å². The topological polar surface area (TPSA) is 80.8 Å². The number of anilines is 1. The van der Waals surface area contributed by atoms with Crippen molar-refractivity contribution in [2.75, 3.05) is 4.90 Å². The molecule has 3 aromatic carbocycles. The molecule has 3 aromatic rings. The Morgan fingerprint density at radius 2 is 1.38 bits per heavy atom. The average molecular weight is 516 g/mol. The van der Waals surface area contributed by atoms with Gasteiger partial charge in [0.1, 0.15) is 0 Å². The van der Waals surface area contributed by atoms with E-state index in [4.69, 9.17) is 4.74 Å². The van der Waals surface area contributed by atoms with Crippen LogP contribution < -0.4 is 4.90 Å². The Morgan fingerprint density at radius 3 is 1.97 bits per heavy atom. The Balaban J connectivity index is 1.54. The van der Waals surface area contributed by atoms with Crippen LogP contribution in [-0.2, 0) is 14.3 Å². The van der Waals surface area contributed by atoms with Crippen molar-refractivity contribution in [3.8, 4) is 0 Å². The van der Waals surface area contributed by atoms with Crippen molar-refractivity contribution in [3.05, 3.63) is 99.5 Å². The molecule has 0 radical (unpaired) electrons. The minimum atomic E-state index is -2.05. The van der Waals surface area contributed by atoms with E-state index in [1.54, 1.807) is 48.5 Å². The first-order chi connectivity index (χ1) is 16.3. The Hall–Kier alpha value is -3.42. The fourth-order valence-corrected chi connectivity index (χ4v) is 5.68. The monoisotopic (exact) mass is 515 g/mol. The van der Waals surface area contributed by atoms with E-state index < -0.39 is 46.9 Å². The second-order valence-corrected chi connectivity index (χ2v) is 9.80. The highest BCUT2D eigenvalue weighted by molar-refractivity contribution is 9.10. The van der Waals surface area contributed by atoms with Gasteiger partial charge in [0.05, 0.1) is 23.6 Å². The predicted molar refractivity (Wildman–Crippen MR) is 126 cm³/mol. The van der Waals surface area contributed by atoms with Crippen LogP contribution in [0, 0.1) is 18.8 Å². The molecule has 2 fully saturated rings. The van der Waals surface area contributed by atoms with Crippen LogP contribution in [0.25, 0.3) is 0 Å². The predicted octanol–water partition coefficient (Wildman–Crippen LogP) is 4.45. The molecule has 6 rings (SSSR count). The molecule has 0 bridgehead atoms. The number of hydrogen-bond acceptors (Lipinski definition) is 5. The standard InChI is InChI=1S/C27H18BrNO5/c1-14-6-8-15(9-7-14)22-20-21(26(33)29(25(20)32)17-12-10-16(28)11-13-17)27(34-22)23(30)18-4-2-3-5-19(18)24(27)31/h2-13,20-22H,1H3/t20-,21-,22-/m0/s1. The largest absolute Gasteiger partial charge is 0.349 e. The third-order valence-corrected chi connectivity index (χ3v) is 7.54. The minimum absolute atomic E-state index is 0.221. The molecule has 1 aliphatic carbocycles. The van der Waals surface area contributed by atoms with Gasteiger partial charge in [-0.05, 0) is 36.8 Å². The van der Waals surface area contributed by atoms with E-state index in [0.717, 1.165) is 14.9 Å². The highest BCUT2D eigenvalue weighted by Gasteiger charge is 2.74. The highest BCUT2D eigenvalue weighted by Crippen LogP contribution is 2.57. The van der Waals surface area contributed by atoms with E-state index in [0.29, 0.717) is 11.3 Å². The van der Waals surface area contributed by atoms with E-state index in [1.165, 1.54) is 0 Å². The van der Waals surface area contributed by atoms with Crippen molar-refractivity contribution in [1.29, 1.82) is 0 Å². The molecular weight excluding hydrogens is 498 g/mol. The van der Waals surface area contributed by atoms with Gasteiger partial charge in [-0.2, -0.15) is 0 Å². The van der Waals surface area contributed by atoms with Gasteiger partial charge >= 0.3 is 0 Å². The zero-order valence-corrected chi connectivity index (χ0v) is 19.6. The zero-order chi connectivity index (χ0) is 23.8. The van der Waals surface area contributed by atoms with Crippen LogP contribution >= 0.6 is 15.9 Å². The van der Waals surface area contributed by atoms with E-state index in [2.05, 4.69) is 15.9 Å². The van der Waals surface area contributed by atoms with Crippen molar-refractivity contribution in [1.82, 2.24) is 0 Å². The van der Waals surface area contributed by atoms with E-state index in [-0.39, 0.29) is 11.1 Å². The Bertz CT molecular complexity index is 1360. The fraction of sp³-hybridized carbons (Fsp3) is 0.185. The summed E-state index contributed by atoms with van der Waals surface area (Å²) in [6, 6.07) is 20.6. The number of Topliss-reactive ketones (excluding diaryl/α,β-unsaturated/α-hetero) is 2. The molecule has 34 heavy (non-hydrogen) atoms. The third kappa shape index (κ3) is 2.65. The average Bonchev–Trinajstić information content (AvgIpc) is 3.40. The number of fused-ring (bicyclic) bond motifs is 3. The summed E-state index contributed by atoms with van der Waals surface area (Å²) in [7, 11) is 0. The molecule has 6 nitrogen and oxygen atoms in total. The number of hydrogen-bond donors (Lipinski definition) is 0. The van der Waals surface area contributed by atoms with Gasteiger partial charge in [0.2, 0.25) is 29.0 Å². The molecule has 0 saturated carbocycles. The van der Waals surface area contributed by atoms with Crippen LogP contribution in [0.1, 0.15) is 37.9 Å². The molecule has 1 spiro atoms. The lowest BCUT2D eigenvalue weighted by molar-refractivity contribution is -0.127. The van der Waals surface area contributed by atoms with Gasteiger partial charge < -0.3 is 4.74 Å². The number of rotatable bonds is 2. The summed E-state index contributed by atoms with van der Waals surface area (Å²) in [5.41, 5.74) is 0.435. The van der Waals surface area contributed by atoms with Gasteiger partial charge in [-0.15, -0.1) is 0 Å². The molecule has 0 aromatic heterocycles. The number of nitrogens with zero attached hydrogens (tertiary/aromatic N) is 1. The third-order valence-electron chi connectivity index (χ3n) is 7.01. The smallest absolute Gasteiger partial charge is 0.241 e. The van der Waals surface area contributed by atoms with Crippen LogP contribution in [-0.4, -0.2) is 29.0 Å². The van der Waals surface area contributed by atoms with Crippen molar-refractivity contribution in [3.63, 3.8) is 0 Å². The molecule has 7 heteroatoms. The Morgan fingerprint density at radius 1 is 0.794 bits per heavy atom. The highest BCUT2D eigenvalue weighted by atomic mass is 79.9. The molecule has 3 aliphatic rings. The first-order valence-electron chi connectivity index (χ1n) is 10.9. The summed E-state index contributed by atoms with van der Waals surface area (Å²) >= 11 is 3.36. The van der Waals surface area contributed by atoms with Crippen molar-refractivity contribution >= 4 is 45.0 Å². The van der Waals surface area contributed by atoms with Crippen molar-refractivity contribution in [2.45, 2.75) is 18.6 Å². The maximum absolute atomic E-state index is 13.8. The van der Waals surface area contributed by atoms with Crippen molar-refractivity contribution in [2.24, 2.45) is 11.8 Å². The number of benzene rings is 3. The molecule has 0 N–H and O–H groups in total. The lowest BCUT2D eigenvalue weighted by Gasteiger charge is -2.27. The molecule has 3 atom stereocenters. The summed E-state index contributed by atoms with van der Waals surface area (Å²) in [5, 5.41) is 0. The summed E-state index contributed by atoms with van der Waals surface area (Å²) in [6.45, 7) is 1.93. The molecule has 2 amide bonds. The van der Waals surface area contributed by atoms with Crippen LogP contribution in [0.2, 0.25) is 0 Å². The first-order valence-corrected chi connectivity index (χ1v) is 11.7. The summed E-state index contributed by atoms with van der Waals surface area (Å²) in [6.07, 6.45) is -0.912.